The lowest BCUT2D eigenvalue weighted by atomic mass is 10.1. The SMILES string of the molecule is OC1CCCN(c2nncc3ccccc23)C1. The second-order valence-electron chi connectivity index (χ2n) is 4.50. The van der Waals surface area contributed by atoms with Crippen LogP contribution >= 0.6 is 0 Å². The predicted molar refractivity (Wildman–Crippen MR) is 67.0 cm³/mol. The first-order valence-electron chi connectivity index (χ1n) is 5.98. The molecule has 0 saturated carbocycles. The fourth-order valence-corrected chi connectivity index (χ4v) is 2.39. The molecule has 1 N–H and O–H groups in total. The molecular weight excluding hydrogens is 214 g/mol. The Labute approximate surface area is 99.9 Å². The van der Waals surface area contributed by atoms with Gasteiger partial charge in [0.05, 0.1) is 12.3 Å². The van der Waals surface area contributed by atoms with Crippen molar-refractivity contribution in [3.63, 3.8) is 0 Å². The van der Waals surface area contributed by atoms with Gasteiger partial charge in [-0.15, -0.1) is 5.10 Å². The highest BCUT2D eigenvalue weighted by Crippen LogP contribution is 2.25. The molecule has 1 fully saturated rings. The summed E-state index contributed by atoms with van der Waals surface area (Å²) >= 11 is 0. The van der Waals surface area contributed by atoms with Gasteiger partial charge in [-0.2, -0.15) is 5.10 Å². The molecule has 0 bridgehead atoms. The largest absolute Gasteiger partial charge is 0.391 e. The predicted octanol–water partition coefficient (Wildman–Crippen LogP) is 1.59. The number of β-amino-alcohol motifs (C(OH)–C–C–N with tert-alkyl or cyclic N) is 1. The lowest BCUT2D eigenvalue weighted by Gasteiger charge is -2.31. The smallest absolute Gasteiger partial charge is 0.159 e. The molecule has 3 rings (SSSR count). The Morgan fingerprint density at radius 1 is 1.29 bits per heavy atom. The molecule has 4 nitrogen and oxygen atoms in total. The van der Waals surface area contributed by atoms with Gasteiger partial charge in [0.15, 0.2) is 5.82 Å². The lowest BCUT2D eigenvalue weighted by molar-refractivity contribution is 0.154. The molecule has 2 heterocycles. The first kappa shape index (κ1) is 10.5. The van der Waals surface area contributed by atoms with Crippen LogP contribution in [0.2, 0.25) is 0 Å². The second-order valence-corrected chi connectivity index (χ2v) is 4.50. The monoisotopic (exact) mass is 229 g/mol. The fraction of sp³-hybridized carbons (Fsp3) is 0.385. The minimum Gasteiger partial charge on any atom is -0.391 e. The van der Waals surface area contributed by atoms with Gasteiger partial charge in [-0.3, -0.25) is 0 Å². The number of aliphatic hydroxyl groups excluding tert-OH is 1. The van der Waals surface area contributed by atoms with E-state index in [9.17, 15) is 5.11 Å². The average Bonchev–Trinajstić information content (AvgIpc) is 2.38. The van der Waals surface area contributed by atoms with Crippen LogP contribution in [-0.4, -0.2) is 34.5 Å². The van der Waals surface area contributed by atoms with E-state index in [2.05, 4.69) is 21.2 Å². The maximum Gasteiger partial charge on any atom is 0.159 e. The van der Waals surface area contributed by atoms with E-state index in [0.29, 0.717) is 6.54 Å². The van der Waals surface area contributed by atoms with E-state index in [1.54, 1.807) is 6.20 Å². The van der Waals surface area contributed by atoms with Crippen LogP contribution in [0.3, 0.4) is 0 Å². The van der Waals surface area contributed by atoms with E-state index < -0.39 is 0 Å². The third-order valence-electron chi connectivity index (χ3n) is 3.25. The van der Waals surface area contributed by atoms with Gasteiger partial charge in [-0.05, 0) is 12.8 Å². The van der Waals surface area contributed by atoms with Crippen molar-refractivity contribution in [1.29, 1.82) is 0 Å². The van der Waals surface area contributed by atoms with Gasteiger partial charge in [0.2, 0.25) is 0 Å². The fourth-order valence-electron chi connectivity index (χ4n) is 2.39. The molecular formula is C13H15N3O. The molecule has 88 valence electrons. The molecule has 1 atom stereocenters. The van der Waals surface area contributed by atoms with Crippen LogP contribution in [0.1, 0.15) is 12.8 Å². The summed E-state index contributed by atoms with van der Waals surface area (Å²) < 4.78 is 0. The molecule has 0 amide bonds. The van der Waals surface area contributed by atoms with Crippen molar-refractivity contribution >= 4 is 16.6 Å². The molecule has 1 saturated heterocycles. The zero-order valence-electron chi connectivity index (χ0n) is 9.58. The molecule has 1 aliphatic rings. The molecule has 1 aromatic heterocycles. The number of hydrogen-bond acceptors (Lipinski definition) is 4. The Hall–Kier alpha value is -1.68. The standard InChI is InChI=1S/C13H15N3O/c17-11-5-3-7-16(9-11)13-12-6-2-1-4-10(12)8-14-15-13/h1-2,4,6,8,11,17H,3,5,7,9H2. The molecule has 1 aliphatic heterocycles. The lowest BCUT2D eigenvalue weighted by Crippen LogP contribution is -2.38. The van der Waals surface area contributed by atoms with Crippen LogP contribution in [0, 0.1) is 0 Å². The molecule has 0 aliphatic carbocycles. The molecule has 0 radical (unpaired) electrons. The van der Waals surface area contributed by atoms with Crippen LogP contribution in [0.25, 0.3) is 10.8 Å². The van der Waals surface area contributed by atoms with Gasteiger partial charge >= 0.3 is 0 Å². The zero-order valence-corrected chi connectivity index (χ0v) is 9.58. The van der Waals surface area contributed by atoms with Crippen molar-refractivity contribution in [2.45, 2.75) is 18.9 Å². The summed E-state index contributed by atoms with van der Waals surface area (Å²) in [5.41, 5.74) is 0. The molecule has 2 aromatic rings. The van der Waals surface area contributed by atoms with Crippen LogP contribution in [0.4, 0.5) is 5.82 Å². The van der Waals surface area contributed by atoms with Crippen molar-refractivity contribution in [3.8, 4) is 0 Å². The number of fused-ring (bicyclic) bond motifs is 1. The number of benzene rings is 1. The maximum absolute atomic E-state index is 9.72. The van der Waals surface area contributed by atoms with Crippen LogP contribution < -0.4 is 4.90 Å². The highest BCUT2D eigenvalue weighted by Gasteiger charge is 2.20. The van der Waals surface area contributed by atoms with Crippen molar-refractivity contribution in [3.05, 3.63) is 30.5 Å². The summed E-state index contributed by atoms with van der Waals surface area (Å²) in [6.45, 7) is 1.60. The van der Waals surface area contributed by atoms with Crippen molar-refractivity contribution in [2.24, 2.45) is 0 Å². The van der Waals surface area contributed by atoms with E-state index in [-0.39, 0.29) is 6.10 Å². The number of aliphatic hydroxyl groups is 1. The number of hydrogen-bond donors (Lipinski definition) is 1. The van der Waals surface area contributed by atoms with Crippen LogP contribution in [-0.2, 0) is 0 Å². The minimum atomic E-state index is -0.246. The number of anilines is 1. The molecule has 1 aromatic carbocycles. The van der Waals surface area contributed by atoms with Crippen molar-refractivity contribution in [1.82, 2.24) is 10.2 Å². The molecule has 4 heteroatoms. The summed E-state index contributed by atoms with van der Waals surface area (Å²) in [5, 5.41) is 20.2. The van der Waals surface area contributed by atoms with Gasteiger partial charge in [0.1, 0.15) is 0 Å². The second kappa shape index (κ2) is 4.30. The Morgan fingerprint density at radius 3 is 3.06 bits per heavy atom. The molecule has 17 heavy (non-hydrogen) atoms. The quantitative estimate of drug-likeness (QED) is 0.806. The molecule has 1 unspecified atom stereocenters. The van der Waals surface area contributed by atoms with Gasteiger partial charge < -0.3 is 10.0 Å². The molecule has 0 spiro atoms. The van der Waals surface area contributed by atoms with E-state index in [4.69, 9.17) is 0 Å². The Balaban J connectivity index is 2.04. The van der Waals surface area contributed by atoms with Crippen molar-refractivity contribution < 1.29 is 5.11 Å². The Kier molecular flexibility index (Phi) is 2.65. The number of rotatable bonds is 1. The third-order valence-corrected chi connectivity index (χ3v) is 3.25. The minimum absolute atomic E-state index is 0.246. The normalized spacial score (nSPS) is 20.8. The Bertz CT molecular complexity index is 524. The maximum atomic E-state index is 9.72. The van der Waals surface area contributed by atoms with Crippen LogP contribution in [0.5, 0.6) is 0 Å². The van der Waals surface area contributed by atoms with Crippen LogP contribution in [0.15, 0.2) is 30.5 Å². The van der Waals surface area contributed by atoms with Gasteiger partial charge in [0.25, 0.3) is 0 Å². The van der Waals surface area contributed by atoms with Gasteiger partial charge in [-0.1, -0.05) is 24.3 Å². The topological polar surface area (TPSA) is 49.2 Å². The van der Waals surface area contributed by atoms with E-state index in [1.165, 1.54) is 0 Å². The van der Waals surface area contributed by atoms with Gasteiger partial charge in [-0.25, -0.2) is 0 Å². The van der Waals surface area contributed by atoms with Crippen molar-refractivity contribution in [2.75, 3.05) is 18.0 Å². The Morgan fingerprint density at radius 2 is 2.18 bits per heavy atom. The number of nitrogens with zero attached hydrogens (tertiary/aromatic N) is 3. The van der Waals surface area contributed by atoms with E-state index >= 15 is 0 Å². The first-order chi connectivity index (χ1) is 8.34. The zero-order chi connectivity index (χ0) is 11.7. The first-order valence-corrected chi connectivity index (χ1v) is 5.98. The average molecular weight is 229 g/mol. The highest BCUT2D eigenvalue weighted by atomic mass is 16.3. The third kappa shape index (κ3) is 1.96. The summed E-state index contributed by atoms with van der Waals surface area (Å²) in [6, 6.07) is 8.10. The summed E-state index contributed by atoms with van der Waals surface area (Å²) in [4.78, 5) is 2.13. The van der Waals surface area contributed by atoms with E-state index in [0.717, 1.165) is 36.0 Å². The number of aromatic nitrogens is 2. The highest BCUT2D eigenvalue weighted by molar-refractivity contribution is 5.91. The summed E-state index contributed by atoms with van der Waals surface area (Å²) in [5.74, 6) is 0.891. The number of piperidine rings is 1. The summed E-state index contributed by atoms with van der Waals surface area (Å²) in [6.07, 6.45) is 3.42. The van der Waals surface area contributed by atoms with E-state index in [1.807, 2.05) is 18.2 Å². The summed E-state index contributed by atoms with van der Waals surface area (Å²) in [7, 11) is 0. The van der Waals surface area contributed by atoms with Gasteiger partial charge in [0, 0.05) is 23.9 Å².